The Balaban J connectivity index is 3.05. The average Bonchev–Trinajstić information content (AvgIpc) is 2.26. The minimum atomic E-state index is 0.415. The Kier molecular flexibility index (Phi) is 4.73. The van der Waals surface area contributed by atoms with E-state index >= 15 is 0 Å². The molecule has 2 nitrogen and oxygen atoms in total. The minimum absolute atomic E-state index is 0.415. The second kappa shape index (κ2) is 5.84. The maximum absolute atomic E-state index is 4.65. The Morgan fingerprint density at radius 2 is 1.80 bits per heavy atom. The summed E-state index contributed by atoms with van der Waals surface area (Å²) in [6, 6.07) is 10.4. The molecule has 0 saturated heterocycles. The summed E-state index contributed by atoms with van der Waals surface area (Å²) in [5, 5.41) is 0. The van der Waals surface area contributed by atoms with Gasteiger partial charge in [0.2, 0.25) is 0 Å². The maximum atomic E-state index is 4.65. The van der Waals surface area contributed by atoms with Gasteiger partial charge in [-0.05, 0) is 0 Å². The van der Waals surface area contributed by atoms with Crippen LogP contribution in [0.15, 0.2) is 35.3 Å². The molecule has 80 valence electrons. The molecular weight excluding hydrogens is 251 g/mol. The number of hydrogen-bond donors (Lipinski definition) is 0. The van der Waals surface area contributed by atoms with Crippen molar-refractivity contribution in [3.05, 3.63) is 35.9 Å². The van der Waals surface area contributed by atoms with E-state index in [2.05, 4.69) is 35.1 Å². The van der Waals surface area contributed by atoms with Crippen LogP contribution in [0.3, 0.4) is 0 Å². The molecule has 1 aromatic rings. The van der Waals surface area contributed by atoms with E-state index in [1.807, 2.05) is 31.7 Å². The molecule has 0 aliphatic rings. The monoisotopic (exact) mass is 269 g/mol. The Hall–Kier alpha value is -0.921. The van der Waals surface area contributed by atoms with Crippen molar-refractivity contribution in [1.29, 1.82) is 0 Å². The molecule has 0 fully saturated rings. The Labute approximate surface area is 97.9 Å². The van der Waals surface area contributed by atoms with Crippen molar-refractivity contribution < 1.29 is 4.58 Å². The van der Waals surface area contributed by atoms with Crippen LogP contribution in [-0.2, 0) is 0 Å². The normalized spacial score (nSPS) is 11.3. The standard InChI is InChI=1S/C12H17N2Se/c1-10(14(2)3)13-12(15-4)11-8-6-5-7-9-11/h5-9H,1-4H3/q+1. The summed E-state index contributed by atoms with van der Waals surface area (Å²) in [7, 11) is 4.04. The van der Waals surface area contributed by atoms with E-state index in [1.54, 1.807) is 0 Å². The van der Waals surface area contributed by atoms with Gasteiger partial charge >= 0.3 is 97.7 Å². The van der Waals surface area contributed by atoms with E-state index < -0.39 is 0 Å². The second-order valence-corrected chi connectivity index (χ2v) is 5.10. The second-order valence-electron chi connectivity index (χ2n) is 3.43. The van der Waals surface area contributed by atoms with Crippen LogP contribution in [0.1, 0.15) is 12.5 Å². The van der Waals surface area contributed by atoms with Crippen LogP contribution in [0.5, 0.6) is 0 Å². The molecule has 0 aliphatic carbocycles. The summed E-state index contributed by atoms with van der Waals surface area (Å²) in [6.07, 6.45) is 0. The van der Waals surface area contributed by atoms with Gasteiger partial charge in [0.05, 0.1) is 0 Å². The number of rotatable bonds is 2. The fourth-order valence-corrected chi connectivity index (χ4v) is 2.30. The van der Waals surface area contributed by atoms with Crippen molar-refractivity contribution in [2.75, 3.05) is 14.1 Å². The molecule has 0 aliphatic heterocycles. The Morgan fingerprint density at radius 3 is 2.27 bits per heavy atom. The van der Waals surface area contributed by atoms with Gasteiger partial charge in [-0.15, -0.1) is 0 Å². The molecule has 0 bridgehead atoms. The molecule has 0 heterocycles. The van der Waals surface area contributed by atoms with Crippen molar-refractivity contribution in [3.63, 3.8) is 0 Å². The first-order chi connectivity index (χ1) is 7.15. The fraction of sp³-hybridized carbons (Fsp3) is 0.333. The Morgan fingerprint density at radius 1 is 1.20 bits per heavy atom. The molecule has 1 rings (SSSR count). The summed E-state index contributed by atoms with van der Waals surface area (Å²) < 4.78 is 3.24. The molecule has 15 heavy (non-hydrogen) atoms. The fourth-order valence-electron chi connectivity index (χ4n) is 1.06. The van der Waals surface area contributed by atoms with Crippen LogP contribution >= 0.6 is 0 Å². The first kappa shape index (κ1) is 12.2. The average molecular weight is 268 g/mol. The first-order valence-electron chi connectivity index (χ1n) is 4.84. The number of amidine groups is 1. The van der Waals surface area contributed by atoms with Crippen LogP contribution < -0.4 is 0 Å². The third-order valence-corrected chi connectivity index (χ3v) is 3.62. The van der Waals surface area contributed by atoms with Gasteiger partial charge in [-0.1, -0.05) is 0 Å². The molecule has 0 aromatic heterocycles. The van der Waals surface area contributed by atoms with Crippen LogP contribution in [0.2, 0.25) is 5.82 Å². The SMILES string of the molecule is C[Se]C(=NC(C)=[N+](C)C)c1ccccc1. The molecule has 0 radical (unpaired) electrons. The predicted octanol–water partition coefficient (Wildman–Crippen LogP) is 1.88. The zero-order valence-electron chi connectivity index (χ0n) is 9.69. The third-order valence-electron chi connectivity index (χ3n) is 2.12. The number of aliphatic imine (C=N–C) groups is 1. The topological polar surface area (TPSA) is 15.4 Å². The summed E-state index contributed by atoms with van der Waals surface area (Å²) in [5.74, 6) is 3.25. The van der Waals surface area contributed by atoms with Gasteiger partial charge in [-0.2, -0.15) is 0 Å². The van der Waals surface area contributed by atoms with Crippen molar-refractivity contribution in [2.24, 2.45) is 4.99 Å². The van der Waals surface area contributed by atoms with E-state index in [4.69, 9.17) is 0 Å². The van der Waals surface area contributed by atoms with Crippen LogP contribution in [0, 0.1) is 0 Å². The quantitative estimate of drug-likeness (QED) is 0.337. The van der Waals surface area contributed by atoms with Gasteiger partial charge in [0.25, 0.3) is 0 Å². The first-order valence-corrected chi connectivity index (χ1v) is 7.41. The van der Waals surface area contributed by atoms with Gasteiger partial charge in [-0.25, -0.2) is 0 Å². The van der Waals surface area contributed by atoms with E-state index in [9.17, 15) is 0 Å². The molecule has 0 unspecified atom stereocenters. The molecule has 3 heteroatoms. The molecule has 0 N–H and O–H groups in total. The number of hydrogen-bond acceptors (Lipinski definition) is 0. The van der Waals surface area contributed by atoms with E-state index in [0.717, 1.165) is 5.84 Å². The van der Waals surface area contributed by atoms with E-state index in [1.165, 1.54) is 10.2 Å². The van der Waals surface area contributed by atoms with Gasteiger partial charge < -0.3 is 0 Å². The van der Waals surface area contributed by atoms with Gasteiger partial charge in [-0.3, -0.25) is 0 Å². The number of nitrogens with zero attached hydrogens (tertiary/aromatic N) is 2. The van der Waals surface area contributed by atoms with Gasteiger partial charge in [0.15, 0.2) is 0 Å². The van der Waals surface area contributed by atoms with Gasteiger partial charge in [0, 0.05) is 0 Å². The molecule has 0 amide bonds. The van der Waals surface area contributed by atoms with Crippen LogP contribution in [-0.4, -0.2) is 44.1 Å². The molecule has 0 spiro atoms. The summed E-state index contributed by atoms with van der Waals surface area (Å²) in [6.45, 7) is 2.04. The van der Waals surface area contributed by atoms with Crippen molar-refractivity contribution >= 4 is 25.4 Å². The molecule has 0 atom stereocenters. The van der Waals surface area contributed by atoms with Crippen molar-refractivity contribution in [2.45, 2.75) is 12.7 Å². The molecular formula is C12H17N2Se+. The number of benzene rings is 1. The van der Waals surface area contributed by atoms with Gasteiger partial charge in [0.1, 0.15) is 0 Å². The summed E-state index contributed by atoms with van der Waals surface area (Å²) >= 11 is 0.415. The predicted molar refractivity (Wildman–Crippen MR) is 67.4 cm³/mol. The van der Waals surface area contributed by atoms with E-state index in [0.29, 0.717) is 15.0 Å². The zero-order valence-corrected chi connectivity index (χ0v) is 11.4. The van der Waals surface area contributed by atoms with Crippen LogP contribution in [0.25, 0.3) is 0 Å². The molecule has 1 aromatic carbocycles. The van der Waals surface area contributed by atoms with E-state index in [-0.39, 0.29) is 0 Å². The summed E-state index contributed by atoms with van der Waals surface area (Å²) in [4.78, 5) is 4.65. The summed E-state index contributed by atoms with van der Waals surface area (Å²) in [5.41, 5.74) is 1.24. The van der Waals surface area contributed by atoms with Crippen LogP contribution in [0.4, 0.5) is 0 Å². The molecule has 0 saturated carbocycles. The third kappa shape index (κ3) is 3.61. The Bertz CT molecular complexity index is 376. The van der Waals surface area contributed by atoms with Crippen molar-refractivity contribution in [1.82, 2.24) is 0 Å². The van der Waals surface area contributed by atoms with Crippen molar-refractivity contribution in [3.8, 4) is 0 Å². The zero-order chi connectivity index (χ0) is 11.3.